The summed E-state index contributed by atoms with van der Waals surface area (Å²) in [4.78, 5) is 17.3. The van der Waals surface area contributed by atoms with Gasteiger partial charge in [0.2, 0.25) is 0 Å². The van der Waals surface area contributed by atoms with Crippen LogP contribution in [0.25, 0.3) is 46.4 Å². The molecule has 8 heteroatoms. The molecule has 3 aromatic rings. The Balaban J connectivity index is 0.00000320. The van der Waals surface area contributed by atoms with Crippen molar-refractivity contribution in [3.05, 3.63) is 63.3 Å². The monoisotopic (exact) mass is 878 g/mol. The van der Waals surface area contributed by atoms with Crippen LogP contribution in [-0.4, -0.2) is 19.9 Å². The van der Waals surface area contributed by atoms with Crippen molar-refractivity contribution in [3.63, 3.8) is 0 Å². The Labute approximate surface area is 272 Å². The minimum Gasteiger partial charge on any atom is -0.354 e. The summed E-state index contributed by atoms with van der Waals surface area (Å²) in [5, 5.41) is 0. The number of nitrogens with zero attached hydrogens (tertiary/aromatic N) is 2. The number of aromatic nitrogens is 4. The summed E-state index contributed by atoms with van der Waals surface area (Å²) in [6, 6.07) is 8.71. The molecule has 2 N–H and O–H groups in total. The van der Waals surface area contributed by atoms with E-state index in [0.717, 1.165) is 52.9 Å². The third kappa shape index (κ3) is 6.77. The molecular weight excluding hydrogens is 850 g/mol. The van der Waals surface area contributed by atoms with Gasteiger partial charge in [-0.25, -0.2) is 9.97 Å². The molecule has 0 saturated heterocycles. The van der Waals surface area contributed by atoms with Gasteiger partial charge in [0.15, 0.2) is 0 Å². The number of unbranched alkanes of at least 4 members (excludes halogenated alkanes) is 6. The van der Waals surface area contributed by atoms with Crippen LogP contribution in [0.1, 0.15) is 80.2 Å². The molecule has 0 spiro atoms. The minimum absolute atomic E-state index is 0. The van der Waals surface area contributed by atoms with E-state index in [2.05, 4.69) is 133 Å². The third-order valence-electron chi connectivity index (χ3n) is 6.70. The van der Waals surface area contributed by atoms with Crippen LogP contribution in [-0.2, 0) is 25.9 Å². The minimum atomic E-state index is 0. The molecule has 2 aliphatic rings. The fourth-order valence-electron chi connectivity index (χ4n) is 4.68. The average molecular weight is 880 g/mol. The zero-order chi connectivity index (χ0) is 25.1. The standard InChI is InChI=1S/C29H29I3N4.Zn/c1-2-3-4-5-6-7-8-9-18-19-10-12-21(33-19)27(30)23-14-16-25(35-23)29(32)26-17-15-24(36-26)28(31)22-13-11-20(18)34-22;/h10-17,33,35H,2-9H2,1H3;. The largest absolute Gasteiger partial charge is 0.354 e. The molecule has 8 bridgehead atoms. The zero-order valence-electron chi connectivity index (χ0n) is 21.0. The van der Waals surface area contributed by atoms with Crippen molar-refractivity contribution in [2.45, 2.75) is 58.3 Å². The molecule has 0 saturated carbocycles. The molecule has 0 aromatic carbocycles. The second-order valence-corrected chi connectivity index (χ2v) is 12.5. The van der Waals surface area contributed by atoms with Gasteiger partial charge in [0.1, 0.15) is 0 Å². The number of fused-ring (bicyclic) bond motifs is 8. The molecule has 5 rings (SSSR count). The first-order valence-electron chi connectivity index (χ1n) is 12.7. The van der Waals surface area contributed by atoms with Crippen molar-refractivity contribution in [3.8, 4) is 0 Å². The SMILES string of the molecule is CCCCCCCCCc1c2nc(c(I)c3nc(c(I)c4ccc([nH]4)c(I)c4ccc1[nH]4)C=C3)C=C2.[Zn]. The van der Waals surface area contributed by atoms with E-state index in [1.54, 1.807) is 0 Å². The van der Waals surface area contributed by atoms with E-state index in [1.807, 2.05) is 0 Å². The van der Waals surface area contributed by atoms with Gasteiger partial charge >= 0.3 is 0 Å². The van der Waals surface area contributed by atoms with Crippen molar-refractivity contribution in [1.29, 1.82) is 0 Å². The van der Waals surface area contributed by atoms with Gasteiger partial charge in [0.05, 0.1) is 50.0 Å². The smallest absolute Gasteiger partial charge is 0.0793 e. The molecule has 4 nitrogen and oxygen atoms in total. The number of aromatic amines is 2. The first kappa shape index (κ1) is 29.4. The maximum Gasteiger partial charge on any atom is 0.0793 e. The summed E-state index contributed by atoms with van der Waals surface area (Å²) in [5.41, 5.74) is 9.79. The van der Waals surface area contributed by atoms with Crippen LogP contribution in [0, 0.1) is 10.7 Å². The number of aryl methyl sites for hydroxylation is 1. The quantitative estimate of drug-likeness (QED) is 0.0928. The van der Waals surface area contributed by atoms with Crippen LogP contribution in [0.4, 0.5) is 0 Å². The first-order valence-corrected chi connectivity index (χ1v) is 15.9. The Hall–Kier alpha value is -0.587. The summed E-state index contributed by atoms with van der Waals surface area (Å²) < 4.78 is 3.37. The molecule has 0 fully saturated rings. The van der Waals surface area contributed by atoms with Gasteiger partial charge in [0, 0.05) is 30.6 Å². The van der Waals surface area contributed by atoms with Crippen LogP contribution >= 0.6 is 67.8 Å². The van der Waals surface area contributed by atoms with Crippen molar-refractivity contribution in [2.75, 3.05) is 0 Å². The first-order chi connectivity index (χ1) is 17.5. The third-order valence-corrected chi connectivity index (χ3v) is 10.1. The van der Waals surface area contributed by atoms with Crippen molar-refractivity contribution in [1.82, 2.24) is 19.9 Å². The van der Waals surface area contributed by atoms with Crippen molar-refractivity contribution < 1.29 is 19.5 Å². The summed E-state index contributed by atoms with van der Waals surface area (Å²) >= 11 is 7.22. The Morgan fingerprint density at radius 2 is 1.03 bits per heavy atom. The fourth-order valence-corrected chi connectivity index (χ4v) is 6.53. The molecule has 2 aliphatic heterocycles. The van der Waals surface area contributed by atoms with E-state index in [4.69, 9.17) is 9.97 Å². The Morgan fingerprint density at radius 1 is 0.568 bits per heavy atom. The zero-order valence-corrected chi connectivity index (χ0v) is 30.5. The number of hydrogen-bond donors (Lipinski definition) is 2. The van der Waals surface area contributed by atoms with Gasteiger partial charge < -0.3 is 9.97 Å². The molecule has 188 valence electrons. The summed E-state index contributed by atoms with van der Waals surface area (Å²) in [6.45, 7) is 2.27. The van der Waals surface area contributed by atoms with Gasteiger partial charge in [-0.2, -0.15) is 0 Å². The van der Waals surface area contributed by atoms with Crippen LogP contribution in [0.3, 0.4) is 0 Å². The Bertz CT molecular complexity index is 1500. The van der Waals surface area contributed by atoms with E-state index < -0.39 is 0 Å². The fraction of sp³-hybridized carbons (Fsp3) is 0.310. The number of H-pyrrole nitrogens is 2. The van der Waals surface area contributed by atoms with Gasteiger partial charge in [0.25, 0.3) is 0 Å². The van der Waals surface area contributed by atoms with Crippen molar-refractivity contribution in [2.24, 2.45) is 0 Å². The van der Waals surface area contributed by atoms with E-state index in [0.29, 0.717) is 0 Å². The van der Waals surface area contributed by atoms with E-state index in [1.165, 1.54) is 59.6 Å². The van der Waals surface area contributed by atoms with Gasteiger partial charge in [-0.3, -0.25) is 0 Å². The van der Waals surface area contributed by atoms with Gasteiger partial charge in [-0.05, 0) is 129 Å². The second-order valence-electron chi connectivity index (χ2n) is 9.29. The predicted molar refractivity (Wildman–Crippen MR) is 179 cm³/mol. The summed E-state index contributed by atoms with van der Waals surface area (Å²) in [6.07, 6.45) is 18.7. The van der Waals surface area contributed by atoms with Crippen LogP contribution in [0.15, 0.2) is 24.3 Å². The Morgan fingerprint density at radius 3 is 1.68 bits per heavy atom. The molecule has 0 atom stereocenters. The number of nitrogens with one attached hydrogen (secondary N) is 2. The van der Waals surface area contributed by atoms with E-state index >= 15 is 0 Å². The van der Waals surface area contributed by atoms with Crippen LogP contribution < -0.4 is 0 Å². The number of hydrogen-bond acceptors (Lipinski definition) is 2. The maximum absolute atomic E-state index is 5.09. The van der Waals surface area contributed by atoms with E-state index in [9.17, 15) is 0 Å². The molecule has 3 aromatic heterocycles. The van der Waals surface area contributed by atoms with Crippen LogP contribution in [0.2, 0.25) is 0 Å². The molecule has 37 heavy (non-hydrogen) atoms. The second kappa shape index (κ2) is 13.7. The molecular formula is C29H29I3N4Zn. The van der Waals surface area contributed by atoms with Gasteiger partial charge in [-0.15, -0.1) is 0 Å². The van der Waals surface area contributed by atoms with Gasteiger partial charge in [-0.1, -0.05) is 45.4 Å². The molecule has 0 aliphatic carbocycles. The van der Waals surface area contributed by atoms with E-state index in [-0.39, 0.29) is 19.5 Å². The maximum atomic E-state index is 5.09. The summed E-state index contributed by atoms with van der Waals surface area (Å²) in [5.74, 6) is 0. The Kier molecular flexibility index (Phi) is 10.9. The molecule has 0 amide bonds. The topological polar surface area (TPSA) is 57.4 Å². The molecule has 5 heterocycles. The molecule has 0 unspecified atom stereocenters. The van der Waals surface area contributed by atoms with Crippen molar-refractivity contribution >= 4 is 114 Å². The molecule has 0 radical (unpaired) electrons. The average Bonchev–Trinajstić information content (AvgIpc) is 3.69. The number of halogens is 3. The number of rotatable bonds is 8. The normalized spacial score (nSPS) is 12.2. The van der Waals surface area contributed by atoms with Crippen LogP contribution in [0.5, 0.6) is 0 Å². The summed E-state index contributed by atoms with van der Waals surface area (Å²) in [7, 11) is 0. The predicted octanol–water partition coefficient (Wildman–Crippen LogP) is 9.76.